The summed E-state index contributed by atoms with van der Waals surface area (Å²) in [7, 11) is 0. The Labute approximate surface area is 83.4 Å². The summed E-state index contributed by atoms with van der Waals surface area (Å²) in [4.78, 5) is 4.11. The molecule has 0 amide bonds. The summed E-state index contributed by atoms with van der Waals surface area (Å²) in [5, 5.41) is 6.78. The monoisotopic (exact) mass is 196 g/mol. The molecule has 1 aromatic heterocycles. The first-order chi connectivity index (χ1) is 6.72. The number of rotatable bonds is 4. The molecule has 1 heterocycles. The van der Waals surface area contributed by atoms with Gasteiger partial charge < -0.3 is 15.6 Å². The summed E-state index contributed by atoms with van der Waals surface area (Å²) < 4.78 is 4.90. The Morgan fingerprint density at radius 1 is 1.71 bits per heavy atom. The third-order valence-electron chi connectivity index (χ3n) is 1.64. The molecule has 0 atom stereocenters. The fraction of sp³-hybridized carbons (Fsp3) is 0.556. The lowest BCUT2D eigenvalue weighted by Gasteiger charge is -2.01. The van der Waals surface area contributed by atoms with Crippen LogP contribution < -0.4 is 11.1 Å². The Morgan fingerprint density at radius 3 is 3.07 bits per heavy atom. The largest absolute Gasteiger partial charge is 0.370 e. The van der Waals surface area contributed by atoms with Gasteiger partial charge in [0.2, 0.25) is 0 Å². The summed E-state index contributed by atoms with van der Waals surface area (Å²) in [6.45, 7) is 5.22. The number of aryl methyl sites for hydroxylation is 1. The first-order valence-corrected chi connectivity index (χ1v) is 4.68. The quantitative estimate of drug-likeness (QED) is 0.551. The van der Waals surface area contributed by atoms with Gasteiger partial charge in [-0.15, -0.1) is 0 Å². The molecule has 5 heteroatoms. The maximum Gasteiger partial charge on any atom is 0.188 e. The molecular weight excluding hydrogens is 180 g/mol. The first-order valence-electron chi connectivity index (χ1n) is 4.68. The van der Waals surface area contributed by atoms with Crippen molar-refractivity contribution in [2.75, 3.05) is 6.54 Å². The van der Waals surface area contributed by atoms with E-state index in [0.29, 0.717) is 12.5 Å². The van der Waals surface area contributed by atoms with Gasteiger partial charge in [-0.05, 0) is 13.3 Å². The standard InChI is InChI=1S/C9H16N4O/c1-3-4-11-9(10)12-6-8-5-7(2)14-13-8/h5H,3-4,6H2,1-2H3,(H3,10,11,12). The molecule has 0 unspecified atom stereocenters. The molecule has 0 aliphatic heterocycles. The van der Waals surface area contributed by atoms with Gasteiger partial charge >= 0.3 is 0 Å². The highest BCUT2D eigenvalue weighted by atomic mass is 16.5. The number of nitrogens with zero attached hydrogens (tertiary/aromatic N) is 2. The van der Waals surface area contributed by atoms with Crippen molar-refractivity contribution >= 4 is 5.96 Å². The van der Waals surface area contributed by atoms with Gasteiger partial charge in [-0.2, -0.15) is 0 Å². The van der Waals surface area contributed by atoms with Gasteiger partial charge in [0.25, 0.3) is 0 Å². The van der Waals surface area contributed by atoms with Crippen molar-refractivity contribution < 1.29 is 4.52 Å². The minimum atomic E-state index is 0.451. The second kappa shape index (κ2) is 5.26. The van der Waals surface area contributed by atoms with Crippen LogP contribution >= 0.6 is 0 Å². The molecule has 0 saturated heterocycles. The van der Waals surface area contributed by atoms with Crippen LogP contribution in [-0.4, -0.2) is 17.7 Å². The van der Waals surface area contributed by atoms with Crippen LogP contribution in [0.5, 0.6) is 0 Å². The number of nitrogens with two attached hydrogens (primary N) is 1. The highest BCUT2D eigenvalue weighted by Crippen LogP contribution is 2.02. The lowest BCUT2D eigenvalue weighted by Crippen LogP contribution is -2.32. The van der Waals surface area contributed by atoms with Crippen molar-refractivity contribution in [1.29, 1.82) is 0 Å². The van der Waals surface area contributed by atoms with Crippen LogP contribution in [0, 0.1) is 6.92 Å². The fourth-order valence-corrected chi connectivity index (χ4v) is 0.968. The zero-order valence-corrected chi connectivity index (χ0v) is 8.58. The van der Waals surface area contributed by atoms with Crippen molar-refractivity contribution in [3.05, 3.63) is 17.5 Å². The lowest BCUT2D eigenvalue weighted by atomic mass is 10.4. The van der Waals surface area contributed by atoms with Crippen LogP contribution in [0.15, 0.2) is 15.6 Å². The number of aliphatic imine (C=N–C) groups is 1. The molecule has 0 radical (unpaired) electrons. The average molecular weight is 196 g/mol. The molecule has 0 aromatic carbocycles. The maximum atomic E-state index is 5.59. The zero-order valence-electron chi connectivity index (χ0n) is 8.58. The molecule has 3 N–H and O–H groups in total. The molecule has 0 spiro atoms. The normalized spacial score (nSPS) is 11.7. The van der Waals surface area contributed by atoms with E-state index in [9.17, 15) is 0 Å². The predicted octanol–water partition coefficient (Wildman–Crippen LogP) is 0.797. The van der Waals surface area contributed by atoms with Crippen LogP contribution in [0.25, 0.3) is 0 Å². The topological polar surface area (TPSA) is 76.4 Å². The van der Waals surface area contributed by atoms with Gasteiger partial charge in [0.05, 0.1) is 6.54 Å². The summed E-state index contributed by atoms with van der Waals surface area (Å²) in [6, 6.07) is 1.84. The highest BCUT2D eigenvalue weighted by Gasteiger charge is 1.98. The van der Waals surface area contributed by atoms with E-state index in [0.717, 1.165) is 24.4 Å². The summed E-state index contributed by atoms with van der Waals surface area (Å²) in [5.41, 5.74) is 6.39. The number of guanidine groups is 1. The molecule has 0 bridgehead atoms. The van der Waals surface area contributed by atoms with Gasteiger partial charge in [-0.25, -0.2) is 4.99 Å². The molecule has 1 aromatic rings. The summed E-state index contributed by atoms with van der Waals surface area (Å²) in [5.74, 6) is 1.24. The van der Waals surface area contributed by atoms with E-state index in [-0.39, 0.29) is 0 Å². The molecule has 1 rings (SSSR count). The van der Waals surface area contributed by atoms with E-state index in [1.807, 2.05) is 13.0 Å². The molecule has 0 fully saturated rings. The second-order valence-electron chi connectivity index (χ2n) is 3.06. The minimum Gasteiger partial charge on any atom is -0.370 e. The summed E-state index contributed by atoms with van der Waals surface area (Å²) >= 11 is 0. The molecule has 0 aliphatic carbocycles. The Morgan fingerprint density at radius 2 is 2.50 bits per heavy atom. The van der Waals surface area contributed by atoms with Crippen LogP contribution in [-0.2, 0) is 6.54 Å². The molecule has 0 saturated carbocycles. The molecular formula is C9H16N4O. The fourth-order valence-electron chi connectivity index (χ4n) is 0.968. The van der Waals surface area contributed by atoms with Crippen LogP contribution in [0.2, 0.25) is 0 Å². The van der Waals surface area contributed by atoms with Gasteiger partial charge in [0, 0.05) is 12.6 Å². The van der Waals surface area contributed by atoms with E-state index in [1.54, 1.807) is 0 Å². The number of hydrogen-bond donors (Lipinski definition) is 2. The van der Waals surface area contributed by atoms with E-state index < -0.39 is 0 Å². The van der Waals surface area contributed by atoms with E-state index in [1.165, 1.54) is 0 Å². The maximum absolute atomic E-state index is 5.59. The third-order valence-corrected chi connectivity index (χ3v) is 1.64. The van der Waals surface area contributed by atoms with Crippen LogP contribution in [0.1, 0.15) is 24.8 Å². The van der Waals surface area contributed by atoms with Crippen molar-refractivity contribution in [1.82, 2.24) is 10.5 Å². The number of nitrogens with one attached hydrogen (secondary N) is 1. The number of aromatic nitrogens is 1. The van der Waals surface area contributed by atoms with Crippen molar-refractivity contribution in [2.45, 2.75) is 26.8 Å². The van der Waals surface area contributed by atoms with Crippen molar-refractivity contribution in [3.63, 3.8) is 0 Å². The van der Waals surface area contributed by atoms with Gasteiger partial charge in [0.15, 0.2) is 5.96 Å². The Balaban J connectivity index is 2.38. The SMILES string of the molecule is CCCNC(N)=NCc1cc(C)on1. The van der Waals surface area contributed by atoms with Crippen LogP contribution in [0.3, 0.4) is 0 Å². The predicted molar refractivity (Wildman–Crippen MR) is 54.9 cm³/mol. The minimum absolute atomic E-state index is 0.451. The van der Waals surface area contributed by atoms with Gasteiger partial charge in [-0.3, -0.25) is 0 Å². The summed E-state index contributed by atoms with van der Waals surface area (Å²) in [6.07, 6.45) is 1.03. The molecule has 0 aliphatic rings. The van der Waals surface area contributed by atoms with E-state index >= 15 is 0 Å². The molecule has 5 nitrogen and oxygen atoms in total. The van der Waals surface area contributed by atoms with Crippen molar-refractivity contribution in [3.8, 4) is 0 Å². The van der Waals surface area contributed by atoms with Gasteiger partial charge in [-0.1, -0.05) is 12.1 Å². The lowest BCUT2D eigenvalue weighted by molar-refractivity contribution is 0.391. The van der Waals surface area contributed by atoms with E-state index in [4.69, 9.17) is 10.3 Å². The third kappa shape index (κ3) is 3.47. The molecule has 14 heavy (non-hydrogen) atoms. The van der Waals surface area contributed by atoms with Crippen molar-refractivity contribution in [2.24, 2.45) is 10.7 Å². The Hall–Kier alpha value is -1.52. The van der Waals surface area contributed by atoms with E-state index in [2.05, 4.69) is 22.4 Å². The first kappa shape index (κ1) is 10.6. The smallest absolute Gasteiger partial charge is 0.188 e. The zero-order chi connectivity index (χ0) is 10.4. The van der Waals surface area contributed by atoms with Gasteiger partial charge in [0.1, 0.15) is 11.5 Å². The molecule has 78 valence electrons. The highest BCUT2D eigenvalue weighted by molar-refractivity contribution is 5.77. The Kier molecular flexibility index (Phi) is 3.97. The second-order valence-corrected chi connectivity index (χ2v) is 3.06. The average Bonchev–Trinajstić information content (AvgIpc) is 2.58. The van der Waals surface area contributed by atoms with Crippen LogP contribution in [0.4, 0.5) is 0 Å². The number of hydrogen-bond acceptors (Lipinski definition) is 3. The Bertz CT molecular complexity index is 306.